The van der Waals surface area contributed by atoms with Crippen molar-refractivity contribution >= 4 is 5.69 Å². The third-order valence-electron chi connectivity index (χ3n) is 3.99. The van der Waals surface area contributed by atoms with E-state index < -0.39 is 0 Å². The van der Waals surface area contributed by atoms with Gasteiger partial charge in [-0.3, -0.25) is 0 Å². The molecule has 0 radical (unpaired) electrons. The highest BCUT2D eigenvalue weighted by molar-refractivity contribution is 5.46. The molecule has 2 rings (SSSR count). The average molecular weight is 248 g/mol. The first-order valence-corrected chi connectivity index (χ1v) is 6.81. The predicted molar refractivity (Wildman–Crippen MR) is 76.2 cm³/mol. The lowest BCUT2D eigenvalue weighted by molar-refractivity contribution is 0.201. The van der Waals surface area contributed by atoms with E-state index in [1.165, 1.54) is 24.1 Å². The summed E-state index contributed by atoms with van der Waals surface area (Å²) >= 11 is 0. The van der Waals surface area contributed by atoms with Gasteiger partial charge in [-0.05, 0) is 49.5 Å². The van der Waals surface area contributed by atoms with Crippen LogP contribution in [0, 0.1) is 5.92 Å². The van der Waals surface area contributed by atoms with Crippen LogP contribution < -0.4 is 10.2 Å². The Morgan fingerprint density at radius 1 is 1.22 bits per heavy atom. The predicted octanol–water partition coefficient (Wildman–Crippen LogP) is 1.83. The molecule has 0 aliphatic carbocycles. The van der Waals surface area contributed by atoms with Crippen LogP contribution in [0.1, 0.15) is 24.3 Å². The fraction of sp³-hybridized carbons (Fsp3) is 0.600. The number of hydrogen-bond donors (Lipinski definition) is 2. The molecule has 1 aliphatic rings. The first-order valence-electron chi connectivity index (χ1n) is 6.81. The van der Waals surface area contributed by atoms with Gasteiger partial charge in [0.25, 0.3) is 0 Å². The first kappa shape index (κ1) is 13.4. The van der Waals surface area contributed by atoms with Crippen LogP contribution in [-0.4, -0.2) is 38.9 Å². The molecule has 1 aromatic rings. The van der Waals surface area contributed by atoms with Crippen LogP contribution in [0.3, 0.4) is 0 Å². The summed E-state index contributed by atoms with van der Waals surface area (Å²) in [5.74, 6) is 0.907. The molecule has 0 saturated carbocycles. The summed E-state index contributed by atoms with van der Waals surface area (Å²) in [6, 6.07) is 8.61. The Morgan fingerprint density at radius 3 is 2.33 bits per heavy atom. The second-order valence-electron chi connectivity index (χ2n) is 5.36. The van der Waals surface area contributed by atoms with E-state index in [1.54, 1.807) is 0 Å². The lowest BCUT2D eigenvalue weighted by atomic mass is 9.81. The Balaban J connectivity index is 2.11. The monoisotopic (exact) mass is 248 g/mol. The molecule has 1 saturated heterocycles. The summed E-state index contributed by atoms with van der Waals surface area (Å²) in [7, 11) is 4.09. The number of aliphatic hydroxyl groups is 1. The number of piperidine rings is 1. The van der Waals surface area contributed by atoms with Gasteiger partial charge in [-0.25, -0.2) is 0 Å². The Hall–Kier alpha value is -1.06. The molecule has 0 aromatic heterocycles. The molecule has 1 aliphatic heterocycles. The highest BCUT2D eigenvalue weighted by Crippen LogP contribution is 2.31. The molecule has 1 fully saturated rings. The van der Waals surface area contributed by atoms with Gasteiger partial charge in [-0.15, -0.1) is 0 Å². The van der Waals surface area contributed by atoms with Gasteiger partial charge in [0.2, 0.25) is 0 Å². The Morgan fingerprint density at radius 2 is 1.83 bits per heavy atom. The van der Waals surface area contributed by atoms with E-state index in [1.807, 2.05) is 14.1 Å². The highest BCUT2D eigenvalue weighted by Gasteiger charge is 2.24. The van der Waals surface area contributed by atoms with Gasteiger partial charge in [0, 0.05) is 25.7 Å². The van der Waals surface area contributed by atoms with Crippen molar-refractivity contribution in [3.05, 3.63) is 29.8 Å². The quantitative estimate of drug-likeness (QED) is 0.853. The summed E-state index contributed by atoms with van der Waals surface area (Å²) in [4.78, 5) is 2.10. The van der Waals surface area contributed by atoms with Gasteiger partial charge >= 0.3 is 0 Å². The van der Waals surface area contributed by atoms with Gasteiger partial charge in [0.1, 0.15) is 0 Å². The van der Waals surface area contributed by atoms with E-state index in [0.29, 0.717) is 11.8 Å². The minimum absolute atomic E-state index is 0.256. The van der Waals surface area contributed by atoms with Crippen molar-refractivity contribution in [3.8, 4) is 0 Å². The van der Waals surface area contributed by atoms with Crippen LogP contribution in [0.5, 0.6) is 0 Å². The molecule has 3 nitrogen and oxygen atoms in total. The first-order chi connectivity index (χ1) is 8.72. The van der Waals surface area contributed by atoms with Gasteiger partial charge in [-0.1, -0.05) is 12.1 Å². The van der Waals surface area contributed by atoms with E-state index >= 15 is 0 Å². The van der Waals surface area contributed by atoms with Gasteiger partial charge in [0.15, 0.2) is 0 Å². The van der Waals surface area contributed by atoms with E-state index in [0.717, 1.165) is 13.1 Å². The molecule has 1 unspecified atom stereocenters. The fourth-order valence-corrected chi connectivity index (χ4v) is 2.79. The van der Waals surface area contributed by atoms with Gasteiger partial charge in [-0.2, -0.15) is 0 Å². The molecule has 3 heteroatoms. The Kier molecular flexibility index (Phi) is 4.61. The van der Waals surface area contributed by atoms with E-state index in [4.69, 9.17) is 0 Å². The van der Waals surface area contributed by atoms with Gasteiger partial charge in [0.05, 0.1) is 6.61 Å². The smallest absolute Gasteiger partial charge is 0.0502 e. The van der Waals surface area contributed by atoms with E-state index in [2.05, 4.69) is 34.5 Å². The second kappa shape index (κ2) is 6.21. The summed E-state index contributed by atoms with van der Waals surface area (Å²) in [5, 5.41) is 13.1. The number of rotatable bonds is 4. The Labute approximate surface area is 110 Å². The van der Waals surface area contributed by atoms with Crippen LogP contribution in [0.4, 0.5) is 5.69 Å². The summed E-state index contributed by atoms with van der Waals surface area (Å²) in [5.41, 5.74) is 2.48. The zero-order valence-corrected chi connectivity index (χ0v) is 11.4. The van der Waals surface area contributed by atoms with Crippen molar-refractivity contribution in [2.45, 2.75) is 18.8 Å². The van der Waals surface area contributed by atoms with E-state index in [9.17, 15) is 5.11 Å². The lowest BCUT2D eigenvalue weighted by Gasteiger charge is -2.30. The van der Waals surface area contributed by atoms with Crippen LogP contribution in [0.2, 0.25) is 0 Å². The summed E-state index contributed by atoms with van der Waals surface area (Å²) in [6.45, 7) is 2.42. The number of benzene rings is 1. The maximum absolute atomic E-state index is 9.68. The number of nitrogens with one attached hydrogen (secondary N) is 1. The molecule has 0 amide bonds. The number of aliphatic hydroxyl groups excluding tert-OH is 1. The zero-order valence-electron chi connectivity index (χ0n) is 11.4. The maximum atomic E-state index is 9.68. The van der Waals surface area contributed by atoms with Crippen LogP contribution in [0.25, 0.3) is 0 Å². The van der Waals surface area contributed by atoms with Crippen molar-refractivity contribution in [3.63, 3.8) is 0 Å². The van der Waals surface area contributed by atoms with Crippen molar-refractivity contribution in [1.82, 2.24) is 5.32 Å². The van der Waals surface area contributed by atoms with Crippen molar-refractivity contribution in [2.75, 3.05) is 38.7 Å². The molecule has 1 heterocycles. The van der Waals surface area contributed by atoms with Crippen LogP contribution >= 0.6 is 0 Å². The molecule has 1 aromatic carbocycles. The van der Waals surface area contributed by atoms with Crippen molar-refractivity contribution < 1.29 is 5.11 Å². The van der Waals surface area contributed by atoms with Crippen LogP contribution in [-0.2, 0) is 0 Å². The topological polar surface area (TPSA) is 35.5 Å². The molecule has 100 valence electrons. The fourth-order valence-electron chi connectivity index (χ4n) is 2.79. The zero-order chi connectivity index (χ0) is 13.0. The molecule has 0 spiro atoms. The largest absolute Gasteiger partial charge is 0.396 e. The summed E-state index contributed by atoms with van der Waals surface area (Å²) < 4.78 is 0. The maximum Gasteiger partial charge on any atom is 0.0502 e. The number of hydrogen-bond acceptors (Lipinski definition) is 3. The molecule has 1 atom stereocenters. The molecule has 2 N–H and O–H groups in total. The third-order valence-corrected chi connectivity index (χ3v) is 3.99. The number of anilines is 1. The van der Waals surface area contributed by atoms with Crippen molar-refractivity contribution in [1.29, 1.82) is 0 Å². The minimum Gasteiger partial charge on any atom is -0.396 e. The molecular formula is C15H24N2O. The molecular weight excluding hydrogens is 224 g/mol. The molecule has 18 heavy (non-hydrogen) atoms. The SMILES string of the molecule is CN(C)c1ccc(C(CO)C2CCNCC2)cc1. The standard InChI is InChI=1S/C15H24N2O/c1-17(2)14-5-3-12(4-6-14)15(11-18)13-7-9-16-10-8-13/h3-6,13,15-16,18H,7-11H2,1-2H3. The summed E-state index contributed by atoms with van der Waals surface area (Å²) in [6.07, 6.45) is 2.33. The highest BCUT2D eigenvalue weighted by atomic mass is 16.3. The normalized spacial score (nSPS) is 18.6. The lowest BCUT2D eigenvalue weighted by Crippen LogP contribution is -2.32. The van der Waals surface area contributed by atoms with Crippen LogP contribution in [0.15, 0.2) is 24.3 Å². The average Bonchev–Trinajstić information content (AvgIpc) is 2.41. The van der Waals surface area contributed by atoms with E-state index in [-0.39, 0.29) is 6.61 Å². The van der Waals surface area contributed by atoms with Crippen molar-refractivity contribution in [2.24, 2.45) is 5.92 Å². The second-order valence-corrected chi connectivity index (χ2v) is 5.36. The molecule has 0 bridgehead atoms. The Bertz CT molecular complexity index is 355. The van der Waals surface area contributed by atoms with Gasteiger partial charge < -0.3 is 15.3 Å². The minimum atomic E-state index is 0.256. The third kappa shape index (κ3) is 3.03. The number of nitrogens with zero attached hydrogens (tertiary/aromatic N) is 1.